The number of β-amino-alcohol motifs (C(OH)–C–C–N with tert-alkyl or cyclic N) is 2. The first-order valence-corrected chi connectivity index (χ1v) is 12.0. The highest BCUT2D eigenvalue weighted by Crippen LogP contribution is 2.42. The molecule has 1 amide bonds. The molecule has 4 N–H and O–H groups in total. The van der Waals surface area contributed by atoms with E-state index >= 15 is 0 Å². The Balaban J connectivity index is 1.31. The summed E-state index contributed by atoms with van der Waals surface area (Å²) >= 11 is 1.60. The molecule has 3 aromatic heterocycles. The Labute approximate surface area is 198 Å². The summed E-state index contributed by atoms with van der Waals surface area (Å²) in [5.41, 5.74) is 2.85. The van der Waals surface area contributed by atoms with Gasteiger partial charge in [-0.15, -0.1) is 11.3 Å². The predicted octanol–water partition coefficient (Wildman–Crippen LogP) is 1.99. The Morgan fingerprint density at radius 1 is 1.26 bits per heavy atom. The molecule has 176 valence electrons. The van der Waals surface area contributed by atoms with Crippen LogP contribution in [0.15, 0.2) is 24.7 Å². The van der Waals surface area contributed by atoms with Crippen molar-refractivity contribution in [1.82, 2.24) is 25.1 Å². The van der Waals surface area contributed by atoms with Crippen LogP contribution in [0.5, 0.6) is 5.75 Å². The first-order chi connectivity index (χ1) is 16.5. The number of fused-ring (bicyclic) bond motifs is 4. The average Bonchev–Trinajstić information content (AvgIpc) is 3.54. The van der Waals surface area contributed by atoms with E-state index < -0.39 is 12.2 Å². The van der Waals surface area contributed by atoms with Gasteiger partial charge in [-0.3, -0.25) is 9.89 Å². The number of aliphatic hydroxyl groups excluding tert-OH is 2. The molecule has 4 aromatic rings. The number of amides is 1. The topological polar surface area (TPSA) is 136 Å². The van der Waals surface area contributed by atoms with E-state index in [1.165, 1.54) is 5.56 Å². The number of H-pyrrole nitrogens is 1. The average molecular weight is 481 g/mol. The Hall–Kier alpha value is -3.28. The van der Waals surface area contributed by atoms with Crippen molar-refractivity contribution in [2.75, 3.05) is 25.5 Å². The van der Waals surface area contributed by atoms with Crippen LogP contribution in [0.1, 0.15) is 16.9 Å². The second-order valence-electron chi connectivity index (χ2n) is 8.86. The Morgan fingerprint density at radius 2 is 2.09 bits per heavy atom. The van der Waals surface area contributed by atoms with Crippen LogP contribution in [0.2, 0.25) is 0 Å². The van der Waals surface area contributed by atoms with Gasteiger partial charge in [0.05, 0.1) is 42.1 Å². The molecule has 0 saturated carbocycles. The highest BCUT2D eigenvalue weighted by molar-refractivity contribution is 7.19. The van der Waals surface area contributed by atoms with Crippen molar-refractivity contribution in [3.05, 3.63) is 35.1 Å². The van der Waals surface area contributed by atoms with Gasteiger partial charge in [-0.1, -0.05) is 0 Å². The fraction of sp³-hybridized carbons (Fsp3) is 0.391. The van der Waals surface area contributed by atoms with E-state index in [1.54, 1.807) is 35.9 Å². The van der Waals surface area contributed by atoms with E-state index in [2.05, 4.69) is 25.5 Å². The van der Waals surface area contributed by atoms with E-state index in [4.69, 9.17) is 4.74 Å². The number of rotatable bonds is 4. The molecule has 1 saturated heterocycles. The summed E-state index contributed by atoms with van der Waals surface area (Å²) in [4.78, 5) is 25.7. The second kappa shape index (κ2) is 8.19. The van der Waals surface area contributed by atoms with E-state index in [0.29, 0.717) is 24.4 Å². The van der Waals surface area contributed by atoms with Gasteiger partial charge in [0, 0.05) is 35.3 Å². The molecule has 3 atom stereocenters. The lowest BCUT2D eigenvalue weighted by molar-refractivity contribution is -0.135. The lowest BCUT2D eigenvalue weighted by atomic mass is 9.87. The highest BCUT2D eigenvalue weighted by atomic mass is 32.1. The zero-order chi connectivity index (χ0) is 23.4. The lowest BCUT2D eigenvalue weighted by Gasteiger charge is -2.26. The van der Waals surface area contributed by atoms with Crippen molar-refractivity contribution in [1.29, 1.82) is 0 Å². The maximum absolute atomic E-state index is 13.0. The van der Waals surface area contributed by atoms with Crippen molar-refractivity contribution in [2.45, 2.75) is 31.5 Å². The summed E-state index contributed by atoms with van der Waals surface area (Å²) in [7, 11) is 1.63. The van der Waals surface area contributed by atoms with Crippen LogP contribution in [0.25, 0.3) is 21.1 Å². The van der Waals surface area contributed by atoms with Crippen LogP contribution in [0.4, 0.5) is 11.5 Å². The molecule has 10 nitrogen and oxygen atoms in total. The quantitative estimate of drug-likeness (QED) is 0.348. The van der Waals surface area contributed by atoms with E-state index in [-0.39, 0.29) is 24.9 Å². The number of carbonyl (C=O) groups is 1. The van der Waals surface area contributed by atoms with Crippen LogP contribution < -0.4 is 10.1 Å². The molecule has 2 aliphatic rings. The predicted molar refractivity (Wildman–Crippen MR) is 127 cm³/mol. The molecule has 0 spiro atoms. The molecular formula is C23H24N6O4S. The number of anilines is 2. The summed E-state index contributed by atoms with van der Waals surface area (Å²) in [6.07, 6.45) is 3.65. The third-order valence-corrected chi connectivity index (χ3v) is 7.94. The monoisotopic (exact) mass is 480 g/mol. The molecule has 4 heterocycles. The van der Waals surface area contributed by atoms with E-state index in [1.807, 2.05) is 12.1 Å². The van der Waals surface area contributed by atoms with E-state index in [9.17, 15) is 15.0 Å². The first-order valence-electron chi connectivity index (χ1n) is 11.2. The third-order valence-electron chi connectivity index (χ3n) is 6.78. The summed E-state index contributed by atoms with van der Waals surface area (Å²) in [5, 5.41) is 32.1. The maximum Gasteiger partial charge on any atom is 0.226 e. The van der Waals surface area contributed by atoms with Crippen LogP contribution in [-0.2, 0) is 17.6 Å². The standard InChI is InChI=1S/C23H24N6O4S/c1-33-18-6-14-12(7-26-28-14)4-15(18)27-21-20-13-3-2-11(5-19(13)34-22(20)25-10-24-21)23(32)29-8-16(30)17(31)9-29/h4,6-7,10-11,16-17,30-31H,2-3,5,8-9H2,1H3,(H,26,28)(H,24,25,27)/t11?,16-,17-/m0/s1. The minimum absolute atomic E-state index is 0.00119. The summed E-state index contributed by atoms with van der Waals surface area (Å²) < 4.78 is 5.58. The van der Waals surface area contributed by atoms with Crippen molar-refractivity contribution < 1.29 is 19.7 Å². The van der Waals surface area contributed by atoms with Crippen molar-refractivity contribution in [3.63, 3.8) is 0 Å². The van der Waals surface area contributed by atoms with Crippen LogP contribution in [-0.4, -0.2) is 73.6 Å². The molecule has 0 radical (unpaired) electrons. The Morgan fingerprint density at radius 3 is 2.88 bits per heavy atom. The Bertz CT molecular complexity index is 1390. The van der Waals surface area contributed by atoms with Gasteiger partial charge in [0.2, 0.25) is 5.91 Å². The number of ether oxygens (including phenoxy) is 1. The highest BCUT2D eigenvalue weighted by Gasteiger charge is 2.37. The minimum Gasteiger partial charge on any atom is -0.494 e. The molecule has 1 aromatic carbocycles. The number of aromatic nitrogens is 4. The van der Waals surface area contributed by atoms with Crippen LogP contribution in [0.3, 0.4) is 0 Å². The first kappa shape index (κ1) is 21.3. The smallest absolute Gasteiger partial charge is 0.226 e. The number of nitrogens with zero attached hydrogens (tertiary/aromatic N) is 4. The largest absolute Gasteiger partial charge is 0.494 e. The number of hydrogen-bond acceptors (Lipinski definition) is 9. The molecule has 1 aliphatic carbocycles. The van der Waals surface area contributed by atoms with Gasteiger partial charge < -0.3 is 25.2 Å². The molecule has 6 rings (SSSR count). The number of aliphatic hydroxyl groups is 2. The molecular weight excluding hydrogens is 456 g/mol. The van der Waals surface area contributed by atoms with Crippen LogP contribution in [0, 0.1) is 5.92 Å². The number of likely N-dealkylation sites (tertiary alicyclic amines) is 1. The SMILES string of the molecule is COc1cc2[nH]ncc2cc1Nc1ncnc2sc3c(c12)CCC(C(=O)N1C[C@H](O)[C@@H](O)C1)C3. The van der Waals surface area contributed by atoms with Gasteiger partial charge in [0.1, 0.15) is 22.7 Å². The molecule has 1 unspecified atom stereocenters. The summed E-state index contributed by atoms with van der Waals surface area (Å²) in [6.45, 7) is 0.385. The van der Waals surface area contributed by atoms with Gasteiger partial charge in [-0.05, 0) is 30.9 Å². The number of carbonyl (C=O) groups excluding carboxylic acids is 1. The number of aromatic amines is 1. The van der Waals surface area contributed by atoms with Gasteiger partial charge in [0.15, 0.2) is 0 Å². The Kier molecular flexibility index (Phi) is 5.12. The van der Waals surface area contributed by atoms with Gasteiger partial charge in [-0.2, -0.15) is 5.10 Å². The van der Waals surface area contributed by atoms with Gasteiger partial charge in [-0.25, -0.2) is 9.97 Å². The van der Waals surface area contributed by atoms with Crippen molar-refractivity contribution in [3.8, 4) is 5.75 Å². The lowest BCUT2D eigenvalue weighted by Crippen LogP contribution is -2.37. The van der Waals surface area contributed by atoms with Crippen molar-refractivity contribution >= 4 is 49.9 Å². The summed E-state index contributed by atoms with van der Waals surface area (Å²) in [5.74, 6) is 1.22. The second-order valence-corrected chi connectivity index (χ2v) is 9.94. The van der Waals surface area contributed by atoms with E-state index in [0.717, 1.165) is 38.1 Å². The fourth-order valence-electron chi connectivity index (χ4n) is 4.99. The van der Waals surface area contributed by atoms with Gasteiger partial charge in [0.25, 0.3) is 0 Å². The number of hydrogen-bond donors (Lipinski definition) is 4. The molecule has 11 heteroatoms. The molecule has 1 aliphatic heterocycles. The van der Waals surface area contributed by atoms with Crippen LogP contribution >= 0.6 is 11.3 Å². The fourth-order valence-corrected chi connectivity index (χ4v) is 6.26. The zero-order valence-electron chi connectivity index (χ0n) is 18.5. The van der Waals surface area contributed by atoms with Crippen molar-refractivity contribution in [2.24, 2.45) is 5.92 Å². The summed E-state index contributed by atoms with van der Waals surface area (Å²) in [6, 6.07) is 3.87. The number of aryl methyl sites for hydroxylation is 1. The number of methoxy groups -OCH3 is 1. The molecule has 34 heavy (non-hydrogen) atoms. The molecule has 0 bridgehead atoms. The number of nitrogens with one attached hydrogen (secondary N) is 2. The third kappa shape index (κ3) is 3.47. The number of benzene rings is 1. The normalized spacial score (nSPS) is 22.3. The molecule has 1 fully saturated rings. The zero-order valence-corrected chi connectivity index (χ0v) is 19.3. The number of thiophene rings is 1. The minimum atomic E-state index is -0.866. The maximum atomic E-state index is 13.0. The van der Waals surface area contributed by atoms with Gasteiger partial charge >= 0.3 is 0 Å².